The third-order valence-corrected chi connectivity index (χ3v) is 0.841. The van der Waals surface area contributed by atoms with Gasteiger partial charge in [0, 0.05) is 0 Å². The summed E-state index contributed by atoms with van der Waals surface area (Å²) in [6.45, 7) is 1.83. The fourth-order valence-electron chi connectivity index (χ4n) is 0.459. The topological polar surface area (TPSA) is 52.0 Å². The summed E-state index contributed by atoms with van der Waals surface area (Å²) in [4.78, 5) is 3.82. The Hall–Kier alpha value is -0.540. The number of nitrogens with two attached hydrogens (primary N) is 1. The van der Waals surface area contributed by atoms with Gasteiger partial charge in [-0.05, 0) is 6.92 Å². The van der Waals surface area contributed by atoms with Gasteiger partial charge in [-0.15, -0.1) is 12.4 Å². The Morgan fingerprint density at radius 3 is 2.67 bits per heavy atom. The van der Waals surface area contributed by atoms with E-state index in [1.54, 1.807) is 6.20 Å². The third-order valence-electron chi connectivity index (χ3n) is 0.841. The van der Waals surface area contributed by atoms with Gasteiger partial charge >= 0.3 is 0 Å². The molecule has 0 aliphatic rings. The SMILES string of the molecule is CC(N)c1ncco1.Cl. The molecule has 0 saturated carbocycles. The summed E-state index contributed by atoms with van der Waals surface area (Å²) in [7, 11) is 0. The lowest BCUT2D eigenvalue weighted by Gasteiger charge is -1.93. The molecule has 0 radical (unpaired) electrons. The predicted octanol–water partition coefficient (Wildman–Crippen LogP) is 1.12. The molecule has 0 aromatic carbocycles. The maximum atomic E-state index is 5.40. The van der Waals surface area contributed by atoms with Crippen molar-refractivity contribution in [1.82, 2.24) is 4.98 Å². The van der Waals surface area contributed by atoms with Gasteiger partial charge in [0.25, 0.3) is 0 Å². The van der Waals surface area contributed by atoms with E-state index in [2.05, 4.69) is 4.98 Å². The molecule has 1 atom stereocenters. The van der Waals surface area contributed by atoms with Crippen molar-refractivity contribution in [2.24, 2.45) is 5.73 Å². The molecule has 0 bridgehead atoms. The van der Waals surface area contributed by atoms with E-state index in [0.29, 0.717) is 5.89 Å². The van der Waals surface area contributed by atoms with E-state index in [1.807, 2.05) is 6.92 Å². The summed E-state index contributed by atoms with van der Waals surface area (Å²) >= 11 is 0. The van der Waals surface area contributed by atoms with Crippen LogP contribution in [0.3, 0.4) is 0 Å². The fraction of sp³-hybridized carbons (Fsp3) is 0.400. The first-order chi connectivity index (χ1) is 3.80. The van der Waals surface area contributed by atoms with Gasteiger partial charge in [-0.3, -0.25) is 0 Å². The van der Waals surface area contributed by atoms with E-state index < -0.39 is 0 Å². The van der Waals surface area contributed by atoms with Crippen LogP contribution in [0.4, 0.5) is 0 Å². The van der Waals surface area contributed by atoms with E-state index in [9.17, 15) is 0 Å². The van der Waals surface area contributed by atoms with Crippen LogP contribution >= 0.6 is 12.4 Å². The first-order valence-corrected chi connectivity index (χ1v) is 2.45. The molecule has 1 unspecified atom stereocenters. The molecule has 4 heteroatoms. The quantitative estimate of drug-likeness (QED) is 0.649. The number of nitrogens with zero attached hydrogens (tertiary/aromatic N) is 1. The first-order valence-electron chi connectivity index (χ1n) is 2.45. The van der Waals surface area contributed by atoms with E-state index >= 15 is 0 Å². The van der Waals surface area contributed by atoms with Crippen LogP contribution in [-0.2, 0) is 0 Å². The molecule has 1 aromatic rings. The van der Waals surface area contributed by atoms with Crippen LogP contribution in [0, 0.1) is 0 Å². The molecule has 0 aliphatic heterocycles. The molecule has 9 heavy (non-hydrogen) atoms. The highest BCUT2D eigenvalue weighted by atomic mass is 35.5. The molecular formula is C5H9ClN2O. The minimum atomic E-state index is -0.0926. The van der Waals surface area contributed by atoms with E-state index in [4.69, 9.17) is 10.2 Å². The molecule has 3 nitrogen and oxygen atoms in total. The highest BCUT2D eigenvalue weighted by molar-refractivity contribution is 5.85. The number of oxazole rings is 1. The molecule has 0 spiro atoms. The molecule has 52 valence electrons. The van der Waals surface area contributed by atoms with Crippen LogP contribution in [-0.4, -0.2) is 4.98 Å². The van der Waals surface area contributed by atoms with Gasteiger partial charge in [0.1, 0.15) is 6.26 Å². The zero-order valence-electron chi connectivity index (χ0n) is 5.07. The fourth-order valence-corrected chi connectivity index (χ4v) is 0.459. The maximum Gasteiger partial charge on any atom is 0.210 e. The first kappa shape index (κ1) is 8.46. The minimum absolute atomic E-state index is 0. The smallest absolute Gasteiger partial charge is 0.210 e. The molecule has 1 rings (SSSR count). The monoisotopic (exact) mass is 148 g/mol. The predicted molar refractivity (Wildman–Crippen MR) is 36.4 cm³/mol. The largest absolute Gasteiger partial charge is 0.447 e. The average molecular weight is 149 g/mol. The molecule has 1 heterocycles. The Bertz CT molecular complexity index is 150. The van der Waals surface area contributed by atoms with Crippen molar-refractivity contribution >= 4 is 12.4 Å². The molecule has 1 aromatic heterocycles. The lowest BCUT2D eigenvalue weighted by atomic mass is 10.4. The van der Waals surface area contributed by atoms with Gasteiger partial charge in [0.05, 0.1) is 12.2 Å². The number of hydrogen-bond donors (Lipinski definition) is 1. The van der Waals surface area contributed by atoms with Crippen molar-refractivity contribution in [2.45, 2.75) is 13.0 Å². The summed E-state index contributed by atoms with van der Waals surface area (Å²) in [6, 6.07) is -0.0926. The van der Waals surface area contributed by atoms with Crippen LogP contribution < -0.4 is 5.73 Å². The van der Waals surface area contributed by atoms with Crippen LogP contribution in [0.5, 0.6) is 0 Å². The lowest BCUT2D eigenvalue weighted by Crippen LogP contribution is -2.04. The zero-order chi connectivity index (χ0) is 5.98. The second-order valence-corrected chi connectivity index (χ2v) is 1.66. The molecule has 0 saturated heterocycles. The van der Waals surface area contributed by atoms with Crippen molar-refractivity contribution in [2.75, 3.05) is 0 Å². The number of aromatic nitrogens is 1. The maximum absolute atomic E-state index is 5.40. The summed E-state index contributed by atoms with van der Waals surface area (Å²) in [6.07, 6.45) is 3.09. The summed E-state index contributed by atoms with van der Waals surface area (Å²) in [5.74, 6) is 0.588. The molecule has 0 fully saturated rings. The highest BCUT2D eigenvalue weighted by Gasteiger charge is 2.00. The van der Waals surface area contributed by atoms with E-state index in [1.165, 1.54) is 6.26 Å². The normalized spacial score (nSPS) is 12.2. The zero-order valence-corrected chi connectivity index (χ0v) is 5.89. The second kappa shape index (κ2) is 3.48. The van der Waals surface area contributed by atoms with Gasteiger partial charge in [0.15, 0.2) is 0 Å². The summed E-state index contributed by atoms with van der Waals surface area (Å²) < 4.78 is 4.86. The Morgan fingerprint density at radius 1 is 1.78 bits per heavy atom. The van der Waals surface area contributed by atoms with Crippen LogP contribution in [0.2, 0.25) is 0 Å². The van der Waals surface area contributed by atoms with Gasteiger partial charge in [-0.1, -0.05) is 0 Å². The number of hydrogen-bond acceptors (Lipinski definition) is 3. The van der Waals surface area contributed by atoms with Crippen molar-refractivity contribution < 1.29 is 4.42 Å². The second-order valence-electron chi connectivity index (χ2n) is 1.66. The Morgan fingerprint density at radius 2 is 2.44 bits per heavy atom. The number of halogens is 1. The molecule has 0 aliphatic carbocycles. The van der Waals surface area contributed by atoms with Crippen molar-refractivity contribution in [3.63, 3.8) is 0 Å². The molecular weight excluding hydrogens is 140 g/mol. The Kier molecular flexibility index (Phi) is 3.27. The van der Waals surface area contributed by atoms with Crippen LogP contribution in [0.15, 0.2) is 16.9 Å². The highest BCUT2D eigenvalue weighted by Crippen LogP contribution is 2.03. The van der Waals surface area contributed by atoms with Crippen LogP contribution in [0.25, 0.3) is 0 Å². The third kappa shape index (κ3) is 2.03. The number of rotatable bonds is 1. The lowest BCUT2D eigenvalue weighted by molar-refractivity contribution is 0.463. The molecule has 0 amide bonds. The van der Waals surface area contributed by atoms with Crippen LogP contribution in [0.1, 0.15) is 18.9 Å². The summed E-state index contributed by atoms with van der Waals surface area (Å²) in [5.41, 5.74) is 5.40. The van der Waals surface area contributed by atoms with Crippen molar-refractivity contribution in [3.05, 3.63) is 18.4 Å². The van der Waals surface area contributed by atoms with Gasteiger partial charge < -0.3 is 10.2 Å². The van der Waals surface area contributed by atoms with Gasteiger partial charge in [0.2, 0.25) is 5.89 Å². The van der Waals surface area contributed by atoms with Crippen molar-refractivity contribution in [1.29, 1.82) is 0 Å². The minimum Gasteiger partial charge on any atom is -0.447 e. The van der Waals surface area contributed by atoms with E-state index in [0.717, 1.165) is 0 Å². The Balaban J connectivity index is 0.000000640. The van der Waals surface area contributed by atoms with Gasteiger partial charge in [-0.2, -0.15) is 0 Å². The van der Waals surface area contributed by atoms with Crippen molar-refractivity contribution in [3.8, 4) is 0 Å². The van der Waals surface area contributed by atoms with E-state index in [-0.39, 0.29) is 18.4 Å². The average Bonchev–Trinajstić information content (AvgIpc) is 2.12. The Labute approximate surface area is 59.7 Å². The molecule has 2 N–H and O–H groups in total. The van der Waals surface area contributed by atoms with Gasteiger partial charge in [-0.25, -0.2) is 4.98 Å². The summed E-state index contributed by atoms with van der Waals surface area (Å²) in [5, 5.41) is 0. The standard InChI is InChI=1S/C5H8N2O.ClH/c1-4(6)5-7-2-3-8-5;/h2-4H,6H2,1H3;1H.